The number of aliphatic hydroxyl groups is 1. The summed E-state index contributed by atoms with van der Waals surface area (Å²) in [4.78, 5) is 1.94. The molecule has 1 rings (SSSR count). The van der Waals surface area contributed by atoms with Crippen molar-refractivity contribution in [2.45, 2.75) is 0 Å². The normalized spacial score (nSPS) is 9.58. The Kier molecular flexibility index (Phi) is 2.94. The van der Waals surface area contributed by atoms with Crippen molar-refractivity contribution in [3.05, 3.63) is 24.3 Å². The van der Waals surface area contributed by atoms with Gasteiger partial charge in [-0.2, -0.15) is 0 Å². The number of rotatable bonds is 3. The van der Waals surface area contributed by atoms with Crippen LogP contribution in [0.5, 0.6) is 5.75 Å². The Labute approximate surface area is 72.2 Å². The van der Waals surface area contributed by atoms with Crippen LogP contribution in [0.25, 0.3) is 0 Å². The Morgan fingerprint density at radius 2 is 2.00 bits per heavy atom. The lowest BCUT2D eigenvalue weighted by molar-refractivity contribution is 0.0990. The smallest absolute Gasteiger partial charge is 0.186 e. The zero-order valence-corrected chi connectivity index (χ0v) is 7.32. The maximum absolute atomic E-state index is 8.59. The molecule has 3 nitrogen and oxygen atoms in total. The van der Waals surface area contributed by atoms with Crippen molar-refractivity contribution in [3.8, 4) is 5.75 Å². The van der Waals surface area contributed by atoms with Crippen molar-refractivity contribution in [3.63, 3.8) is 0 Å². The van der Waals surface area contributed by atoms with Crippen LogP contribution in [0.3, 0.4) is 0 Å². The van der Waals surface area contributed by atoms with Gasteiger partial charge in [0.2, 0.25) is 0 Å². The molecule has 0 atom stereocenters. The zero-order valence-electron chi connectivity index (χ0n) is 7.32. The highest BCUT2D eigenvalue weighted by atomic mass is 16.6. The molecule has 1 aromatic rings. The predicted octanol–water partition coefficient (Wildman–Crippen LogP) is 1.08. The molecule has 1 aromatic carbocycles. The first-order valence-corrected chi connectivity index (χ1v) is 3.75. The first-order chi connectivity index (χ1) is 5.75. The van der Waals surface area contributed by atoms with Gasteiger partial charge in [-0.1, -0.05) is 12.1 Å². The summed E-state index contributed by atoms with van der Waals surface area (Å²) in [5, 5.41) is 8.59. The quantitative estimate of drug-likeness (QED) is 0.684. The standard InChI is InChI=1S/C9H13NO2/c1-10(2)8-5-3-4-6-9(8)12-7-11/h3-6,11H,7H2,1-2H3. The van der Waals surface area contributed by atoms with E-state index in [0.29, 0.717) is 5.75 Å². The number of aliphatic hydroxyl groups excluding tert-OH is 1. The molecule has 0 unspecified atom stereocenters. The topological polar surface area (TPSA) is 32.7 Å². The fourth-order valence-electron chi connectivity index (χ4n) is 1.02. The number of hydrogen-bond acceptors (Lipinski definition) is 3. The average molecular weight is 167 g/mol. The van der Waals surface area contributed by atoms with Gasteiger partial charge in [0.25, 0.3) is 0 Å². The van der Waals surface area contributed by atoms with Crippen LogP contribution in [-0.4, -0.2) is 26.0 Å². The number of benzene rings is 1. The van der Waals surface area contributed by atoms with E-state index in [0.717, 1.165) is 5.69 Å². The molecule has 3 heteroatoms. The lowest BCUT2D eigenvalue weighted by Gasteiger charge is -2.16. The Hall–Kier alpha value is -1.22. The van der Waals surface area contributed by atoms with Gasteiger partial charge in [0.05, 0.1) is 5.69 Å². The van der Waals surface area contributed by atoms with Gasteiger partial charge in [0.15, 0.2) is 6.79 Å². The summed E-state index contributed by atoms with van der Waals surface area (Å²) in [6.07, 6.45) is 0. The van der Waals surface area contributed by atoms with Crippen LogP contribution in [0, 0.1) is 0 Å². The van der Waals surface area contributed by atoms with Crippen LogP contribution < -0.4 is 9.64 Å². The molecule has 0 bridgehead atoms. The van der Waals surface area contributed by atoms with E-state index in [-0.39, 0.29) is 6.79 Å². The molecule has 0 spiro atoms. The fourth-order valence-corrected chi connectivity index (χ4v) is 1.02. The number of hydrogen-bond donors (Lipinski definition) is 1. The molecule has 0 aliphatic heterocycles. The lowest BCUT2D eigenvalue weighted by Crippen LogP contribution is -2.10. The number of nitrogens with zero attached hydrogens (tertiary/aromatic N) is 1. The highest BCUT2D eigenvalue weighted by molar-refractivity contribution is 5.57. The van der Waals surface area contributed by atoms with Crippen molar-refractivity contribution in [1.82, 2.24) is 0 Å². The van der Waals surface area contributed by atoms with Crippen molar-refractivity contribution in [2.75, 3.05) is 25.8 Å². The van der Waals surface area contributed by atoms with Crippen LogP contribution in [-0.2, 0) is 0 Å². The van der Waals surface area contributed by atoms with Gasteiger partial charge in [-0.25, -0.2) is 0 Å². The molecule has 0 heterocycles. The second kappa shape index (κ2) is 3.97. The highest BCUT2D eigenvalue weighted by Crippen LogP contribution is 2.25. The Morgan fingerprint density at radius 3 is 2.58 bits per heavy atom. The molecular formula is C9H13NO2. The molecule has 0 radical (unpaired) electrons. The average Bonchev–Trinajstić information content (AvgIpc) is 2.05. The molecule has 66 valence electrons. The van der Waals surface area contributed by atoms with E-state index >= 15 is 0 Å². The zero-order chi connectivity index (χ0) is 8.97. The van der Waals surface area contributed by atoms with Gasteiger partial charge in [-0.05, 0) is 12.1 Å². The SMILES string of the molecule is CN(C)c1ccccc1OCO. The molecule has 12 heavy (non-hydrogen) atoms. The molecular weight excluding hydrogens is 154 g/mol. The van der Waals surface area contributed by atoms with Crippen molar-refractivity contribution >= 4 is 5.69 Å². The van der Waals surface area contributed by atoms with Crippen molar-refractivity contribution in [1.29, 1.82) is 0 Å². The van der Waals surface area contributed by atoms with Crippen LogP contribution in [0.15, 0.2) is 24.3 Å². The first-order valence-electron chi connectivity index (χ1n) is 3.75. The second-order valence-electron chi connectivity index (χ2n) is 2.64. The van der Waals surface area contributed by atoms with E-state index in [1.165, 1.54) is 0 Å². The first kappa shape index (κ1) is 8.87. The lowest BCUT2D eigenvalue weighted by atomic mass is 10.3. The molecule has 0 aliphatic carbocycles. The van der Waals surface area contributed by atoms with Crippen LogP contribution in [0.1, 0.15) is 0 Å². The minimum absolute atomic E-state index is 0.287. The summed E-state index contributed by atoms with van der Waals surface area (Å²) >= 11 is 0. The largest absolute Gasteiger partial charge is 0.466 e. The summed E-state index contributed by atoms with van der Waals surface area (Å²) < 4.78 is 5.01. The summed E-state index contributed by atoms with van der Waals surface area (Å²) in [6.45, 7) is -0.287. The van der Waals surface area contributed by atoms with Gasteiger partial charge in [0.1, 0.15) is 5.75 Å². The fraction of sp³-hybridized carbons (Fsp3) is 0.333. The van der Waals surface area contributed by atoms with Gasteiger partial charge in [-0.3, -0.25) is 0 Å². The third kappa shape index (κ3) is 1.89. The van der Waals surface area contributed by atoms with E-state index in [4.69, 9.17) is 9.84 Å². The number of para-hydroxylation sites is 2. The minimum Gasteiger partial charge on any atom is -0.466 e. The molecule has 0 saturated heterocycles. The summed E-state index contributed by atoms with van der Waals surface area (Å²) in [7, 11) is 3.86. The Bertz CT molecular complexity index is 248. The minimum atomic E-state index is -0.287. The van der Waals surface area contributed by atoms with E-state index in [9.17, 15) is 0 Å². The van der Waals surface area contributed by atoms with Crippen LogP contribution in [0.2, 0.25) is 0 Å². The summed E-state index contributed by atoms with van der Waals surface area (Å²) in [6, 6.07) is 7.56. The number of ether oxygens (including phenoxy) is 1. The van der Waals surface area contributed by atoms with E-state index in [2.05, 4.69) is 0 Å². The van der Waals surface area contributed by atoms with Gasteiger partial charge in [-0.15, -0.1) is 0 Å². The Balaban J connectivity index is 2.92. The van der Waals surface area contributed by atoms with Gasteiger partial charge in [0, 0.05) is 14.1 Å². The van der Waals surface area contributed by atoms with Gasteiger partial charge < -0.3 is 14.7 Å². The summed E-state index contributed by atoms with van der Waals surface area (Å²) in [5.41, 5.74) is 0.964. The van der Waals surface area contributed by atoms with Gasteiger partial charge >= 0.3 is 0 Å². The maximum atomic E-state index is 8.59. The molecule has 0 fully saturated rings. The van der Waals surface area contributed by atoms with Crippen LogP contribution in [0.4, 0.5) is 5.69 Å². The van der Waals surface area contributed by atoms with Crippen molar-refractivity contribution in [2.24, 2.45) is 0 Å². The van der Waals surface area contributed by atoms with Crippen molar-refractivity contribution < 1.29 is 9.84 Å². The third-order valence-electron chi connectivity index (χ3n) is 1.57. The molecule has 1 N–H and O–H groups in total. The maximum Gasteiger partial charge on any atom is 0.186 e. The molecule has 0 aromatic heterocycles. The van der Waals surface area contributed by atoms with E-state index in [1.807, 2.05) is 43.3 Å². The highest BCUT2D eigenvalue weighted by Gasteiger charge is 2.02. The van der Waals surface area contributed by atoms with E-state index < -0.39 is 0 Å². The third-order valence-corrected chi connectivity index (χ3v) is 1.57. The van der Waals surface area contributed by atoms with E-state index in [1.54, 1.807) is 0 Å². The monoisotopic (exact) mass is 167 g/mol. The molecule has 0 saturated carbocycles. The van der Waals surface area contributed by atoms with Crippen LogP contribution >= 0.6 is 0 Å². The second-order valence-corrected chi connectivity index (χ2v) is 2.64. The number of anilines is 1. The molecule has 0 aliphatic rings. The molecule has 0 amide bonds. The Morgan fingerprint density at radius 1 is 1.33 bits per heavy atom. The summed E-state index contributed by atoms with van der Waals surface area (Å²) in [5.74, 6) is 0.699. The predicted molar refractivity (Wildman–Crippen MR) is 48.5 cm³/mol.